The Hall–Kier alpha value is -1.35. The molecule has 1 aromatic heterocycles. The van der Waals surface area contributed by atoms with Crippen LogP contribution in [0.2, 0.25) is 0 Å². The molecular formula is C10H15F3N4OS. The fraction of sp³-hybridized carbons (Fsp3) is 0.500. The number of nitrogens with zero attached hydrogens (tertiary/aromatic N) is 1. The molecule has 0 saturated carbocycles. The summed E-state index contributed by atoms with van der Waals surface area (Å²) >= 11 is 0. The van der Waals surface area contributed by atoms with Crippen LogP contribution in [0, 0.1) is 0 Å². The van der Waals surface area contributed by atoms with Crippen LogP contribution < -0.4 is 16.6 Å². The minimum absolute atomic E-state index is 0.0728. The Morgan fingerprint density at radius 1 is 1.37 bits per heavy atom. The quantitative estimate of drug-likeness (QED) is 0.422. The van der Waals surface area contributed by atoms with Gasteiger partial charge in [0.15, 0.2) is 0 Å². The second-order valence-corrected chi connectivity index (χ2v) is 5.38. The van der Waals surface area contributed by atoms with Crippen LogP contribution >= 0.6 is 0 Å². The average Bonchev–Trinajstić information content (AvgIpc) is 2.33. The second-order valence-electron chi connectivity index (χ2n) is 3.83. The van der Waals surface area contributed by atoms with E-state index in [9.17, 15) is 17.4 Å². The fourth-order valence-electron chi connectivity index (χ4n) is 1.35. The molecule has 19 heavy (non-hydrogen) atoms. The minimum atomic E-state index is -4.46. The zero-order chi connectivity index (χ0) is 14.5. The number of alkyl halides is 3. The third-order valence-electron chi connectivity index (χ3n) is 2.22. The smallest absolute Gasteiger partial charge is 0.370 e. The monoisotopic (exact) mass is 296 g/mol. The summed E-state index contributed by atoms with van der Waals surface area (Å²) in [6, 6.07) is 1.73. The Balaban J connectivity index is 2.74. The maximum Gasteiger partial charge on any atom is 0.416 e. The summed E-state index contributed by atoms with van der Waals surface area (Å²) in [4.78, 5) is 3.86. The SMILES string of the molecule is CS(=O)CCCNc1cc(C(F)(F)F)cc(NN)n1. The van der Waals surface area contributed by atoms with Crippen LogP contribution in [-0.2, 0) is 17.0 Å². The molecule has 108 valence electrons. The summed E-state index contributed by atoms with van der Waals surface area (Å²) in [6.45, 7) is 0.387. The summed E-state index contributed by atoms with van der Waals surface area (Å²) in [5.74, 6) is 5.56. The van der Waals surface area contributed by atoms with Gasteiger partial charge in [-0.05, 0) is 18.6 Å². The normalized spacial score (nSPS) is 13.1. The summed E-state index contributed by atoms with van der Waals surface area (Å²) < 4.78 is 48.7. The molecular weight excluding hydrogens is 281 g/mol. The maximum absolute atomic E-state index is 12.6. The lowest BCUT2D eigenvalue weighted by atomic mass is 10.2. The van der Waals surface area contributed by atoms with Gasteiger partial charge in [-0.1, -0.05) is 0 Å². The van der Waals surface area contributed by atoms with E-state index in [0.717, 1.165) is 12.1 Å². The van der Waals surface area contributed by atoms with Gasteiger partial charge in [0, 0.05) is 29.4 Å². The first-order valence-electron chi connectivity index (χ1n) is 5.42. The van der Waals surface area contributed by atoms with Gasteiger partial charge in [0.25, 0.3) is 0 Å². The highest BCUT2D eigenvalue weighted by Gasteiger charge is 2.31. The second kappa shape index (κ2) is 6.71. The minimum Gasteiger partial charge on any atom is -0.370 e. The Bertz CT molecular complexity index is 453. The van der Waals surface area contributed by atoms with Gasteiger partial charge in [-0.3, -0.25) is 4.21 Å². The van der Waals surface area contributed by atoms with Crippen LogP contribution in [0.25, 0.3) is 0 Å². The van der Waals surface area contributed by atoms with E-state index in [0.29, 0.717) is 18.7 Å². The van der Waals surface area contributed by atoms with Crippen molar-refractivity contribution in [1.82, 2.24) is 4.98 Å². The molecule has 0 aliphatic heterocycles. The summed E-state index contributed by atoms with van der Waals surface area (Å²) in [5, 5.41) is 2.75. The number of aromatic nitrogens is 1. The molecule has 0 fully saturated rings. The molecule has 1 rings (SSSR count). The molecule has 0 aliphatic rings. The van der Waals surface area contributed by atoms with Gasteiger partial charge in [0.05, 0.1) is 5.56 Å². The van der Waals surface area contributed by atoms with E-state index in [2.05, 4.69) is 15.7 Å². The summed E-state index contributed by atoms with van der Waals surface area (Å²) in [6.07, 6.45) is -2.32. The van der Waals surface area contributed by atoms with Crippen molar-refractivity contribution in [3.8, 4) is 0 Å². The number of rotatable bonds is 6. The Kier molecular flexibility index (Phi) is 5.55. The lowest BCUT2D eigenvalue weighted by Gasteiger charge is -2.12. The number of hydrogen-bond acceptors (Lipinski definition) is 5. The first kappa shape index (κ1) is 15.7. The van der Waals surface area contributed by atoms with Gasteiger partial charge in [-0.25, -0.2) is 10.8 Å². The molecule has 1 atom stereocenters. The van der Waals surface area contributed by atoms with Gasteiger partial charge in [-0.2, -0.15) is 13.2 Å². The van der Waals surface area contributed by atoms with Crippen LogP contribution in [0.15, 0.2) is 12.1 Å². The molecule has 4 N–H and O–H groups in total. The average molecular weight is 296 g/mol. The third-order valence-corrected chi connectivity index (χ3v) is 3.08. The van der Waals surface area contributed by atoms with E-state index in [4.69, 9.17) is 5.84 Å². The first-order valence-corrected chi connectivity index (χ1v) is 7.15. The van der Waals surface area contributed by atoms with Crippen LogP contribution in [0.5, 0.6) is 0 Å². The molecule has 0 bridgehead atoms. The molecule has 5 nitrogen and oxygen atoms in total. The number of nitrogens with two attached hydrogens (primary N) is 1. The van der Waals surface area contributed by atoms with Crippen LogP contribution in [0.1, 0.15) is 12.0 Å². The molecule has 0 amide bonds. The zero-order valence-electron chi connectivity index (χ0n) is 10.3. The Morgan fingerprint density at radius 3 is 2.53 bits per heavy atom. The predicted molar refractivity (Wildman–Crippen MR) is 69.1 cm³/mol. The molecule has 1 unspecified atom stereocenters. The van der Waals surface area contributed by atoms with Crippen molar-refractivity contribution in [3.05, 3.63) is 17.7 Å². The first-order chi connectivity index (χ1) is 8.82. The fourth-order valence-corrected chi connectivity index (χ4v) is 1.90. The number of hydrogen-bond donors (Lipinski definition) is 3. The van der Waals surface area contributed by atoms with Crippen molar-refractivity contribution in [2.45, 2.75) is 12.6 Å². The van der Waals surface area contributed by atoms with E-state index < -0.39 is 22.5 Å². The predicted octanol–water partition coefficient (Wildman–Crippen LogP) is 1.57. The Labute approximate surface area is 111 Å². The number of nitrogen functional groups attached to an aromatic ring is 1. The van der Waals surface area contributed by atoms with Gasteiger partial charge >= 0.3 is 6.18 Å². The highest BCUT2D eigenvalue weighted by atomic mass is 32.2. The van der Waals surface area contributed by atoms with Crippen LogP contribution in [-0.4, -0.2) is 27.7 Å². The van der Waals surface area contributed by atoms with Crippen molar-refractivity contribution in [2.75, 3.05) is 29.3 Å². The maximum atomic E-state index is 12.6. The van der Waals surface area contributed by atoms with E-state index in [1.165, 1.54) is 0 Å². The van der Waals surface area contributed by atoms with Crippen molar-refractivity contribution in [1.29, 1.82) is 0 Å². The number of halogens is 3. The van der Waals surface area contributed by atoms with Gasteiger partial charge in [0.1, 0.15) is 11.6 Å². The standard InChI is InChI=1S/C10H15F3N4OS/c1-19(18)4-2-3-15-8-5-7(10(11,12)13)6-9(16-8)17-14/h5-6H,2-4,14H2,1H3,(H2,15,16,17). The van der Waals surface area contributed by atoms with Gasteiger partial charge < -0.3 is 10.7 Å². The molecule has 0 aliphatic carbocycles. The van der Waals surface area contributed by atoms with Crippen LogP contribution in [0.3, 0.4) is 0 Å². The number of hydrazine groups is 1. The number of anilines is 2. The topological polar surface area (TPSA) is 80.0 Å². The molecule has 0 saturated heterocycles. The van der Waals surface area contributed by atoms with Crippen molar-refractivity contribution in [3.63, 3.8) is 0 Å². The Morgan fingerprint density at radius 2 is 2.00 bits per heavy atom. The zero-order valence-corrected chi connectivity index (χ0v) is 11.1. The van der Waals surface area contributed by atoms with Crippen molar-refractivity contribution >= 4 is 22.4 Å². The van der Waals surface area contributed by atoms with Gasteiger partial charge in [-0.15, -0.1) is 0 Å². The van der Waals surface area contributed by atoms with Crippen molar-refractivity contribution in [2.24, 2.45) is 5.84 Å². The van der Waals surface area contributed by atoms with E-state index in [1.807, 2.05) is 0 Å². The van der Waals surface area contributed by atoms with Crippen LogP contribution in [0.4, 0.5) is 24.8 Å². The largest absolute Gasteiger partial charge is 0.416 e. The third kappa shape index (κ3) is 5.43. The van der Waals surface area contributed by atoms with E-state index in [-0.39, 0.29) is 11.6 Å². The molecule has 0 spiro atoms. The highest BCUT2D eigenvalue weighted by Crippen LogP contribution is 2.31. The molecule has 9 heteroatoms. The van der Waals surface area contributed by atoms with E-state index >= 15 is 0 Å². The van der Waals surface area contributed by atoms with E-state index in [1.54, 1.807) is 6.26 Å². The molecule has 0 aromatic carbocycles. The number of nitrogens with one attached hydrogen (secondary N) is 2. The lowest BCUT2D eigenvalue weighted by molar-refractivity contribution is -0.137. The molecule has 0 radical (unpaired) electrons. The lowest BCUT2D eigenvalue weighted by Crippen LogP contribution is -2.14. The summed E-state index contributed by atoms with van der Waals surface area (Å²) in [5.41, 5.74) is 1.25. The number of pyridine rings is 1. The highest BCUT2D eigenvalue weighted by molar-refractivity contribution is 7.84. The summed E-state index contributed by atoms with van der Waals surface area (Å²) in [7, 11) is -0.921. The molecule has 1 aromatic rings. The van der Waals surface area contributed by atoms with Gasteiger partial charge in [0.2, 0.25) is 0 Å². The van der Waals surface area contributed by atoms with Crippen molar-refractivity contribution < 1.29 is 17.4 Å². The molecule has 1 heterocycles.